The molecule has 2 aromatic rings. The highest BCUT2D eigenvalue weighted by Crippen LogP contribution is 2.50. The summed E-state index contributed by atoms with van der Waals surface area (Å²) in [4.78, 5) is 38.7. The zero-order valence-corrected chi connectivity index (χ0v) is 14.4. The van der Waals surface area contributed by atoms with Crippen LogP contribution < -0.4 is 10.6 Å². The average molecular weight is 340 g/mol. The summed E-state index contributed by atoms with van der Waals surface area (Å²) in [5.41, 5.74) is -0.0452. The molecular formula is C18H20N4O3. The molecule has 7 heteroatoms. The summed E-state index contributed by atoms with van der Waals surface area (Å²) >= 11 is 0. The van der Waals surface area contributed by atoms with E-state index in [0.29, 0.717) is 5.69 Å². The van der Waals surface area contributed by atoms with Gasteiger partial charge in [-0.3, -0.25) is 14.9 Å². The molecule has 0 saturated carbocycles. The molecule has 4 amide bonds. The van der Waals surface area contributed by atoms with E-state index in [1.165, 1.54) is 0 Å². The van der Waals surface area contributed by atoms with Crippen LogP contribution in [0.5, 0.6) is 0 Å². The molecule has 2 N–H and O–H groups in total. The van der Waals surface area contributed by atoms with E-state index < -0.39 is 10.8 Å². The number of nitrogens with one attached hydrogen (secondary N) is 2. The number of hydrogen-bond acceptors (Lipinski definition) is 3. The average Bonchev–Trinajstić information content (AvgIpc) is 3.13. The molecule has 7 nitrogen and oxygen atoms in total. The summed E-state index contributed by atoms with van der Waals surface area (Å²) < 4.78 is 1.98. The van der Waals surface area contributed by atoms with Gasteiger partial charge in [-0.15, -0.1) is 0 Å². The molecule has 130 valence electrons. The lowest BCUT2D eigenvalue weighted by Gasteiger charge is -2.25. The fraction of sp³-hybridized carbons (Fsp3) is 0.389. The Labute approximate surface area is 145 Å². The first-order chi connectivity index (χ1) is 11.8. The van der Waals surface area contributed by atoms with Gasteiger partial charge in [0, 0.05) is 37.2 Å². The zero-order chi connectivity index (χ0) is 18.0. The van der Waals surface area contributed by atoms with Crippen molar-refractivity contribution >= 4 is 34.4 Å². The zero-order valence-electron chi connectivity index (χ0n) is 14.4. The molecule has 0 spiro atoms. The third kappa shape index (κ3) is 1.95. The van der Waals surface area contributed by atoms with Crippen molar-refractivity contribution in [1.82, 2.24) is 14.8 Å². The molecule has 2 saturated heterocycles. The fourth-order valence-corrected chi connectivity index (χ4v) is 3.94. The molecule has 0 bridgehead atoms. The van der Waals surface area contributed by atoms with Gasteiger partial charge in [-0.2, -0.15) is 0 Å². The minimum atomic E-state index is -0.889. The molecule has 2 unspecified atom stereocenters. The number of carbonyl (C=O) groups is 3. The van der Waals surface area contributed by atoms with Crippen molar-refractivity contribution in [3.63, 3.8) is 0 Å². The Morgan fingerprint density at radius 1 is 1.12 bits per heavy atom. The van der Waals surface area contributed by atoms with Crippen LogP contribution in [0.3, 0.4) is 0 Å². The van der Waals surface area contributed by atoms with Crippen molar-refractivity contribution < 1.29 is 14.4 Å². The minimum Gasteiger partial charge on any atom is -0.350 e. The number of carbonyl (C=O) groups excluding carboxylic acids is 3. The maximum absolute atomic E-state index is 12.8. The normalized spacial score (nSPS) is 28.4. The third-order valence-corrected chi connectivity index (χ3v) is 5.92. The molecule has 1 aromatic heterocycles. The Bertz CT molecular complexity index is 906. The minimum absolute atomic E-state index is 0.220. The van der Waals surface area contributed by atoms with Crippen molar-refractivity contribution in [3.8, 4) is 0 Å². The first-order valence-corrected chi connectivity index (χ1v) is 8.22. The quantitative estimate of drug-likeness (QED) is 0.775. The molecule has 2 aliphatic rings. The van der Waals surface area contributed by atoms with Crippen LogP contribution in [0.25, 0.3) is 10.9 Å². The maximum atomic E-state index is 12.8. The SMILES string of the molecule is Cn1ccc2c(NC(=O)N3CC4(C)C(=O)NC(=O)C4(C)C3)cccc21. The number of fused-ring (bicyclic) bond motifs is 2. The maximum Gasteiger partial charge on any atom is 0.321 e. The van der Waals surface area contributed by atoms with Gasteiger partial charge in [0.15, 0.2) is 0 Å². The first kappa shape index (κ1) is 15.7. The monoisotopic (exact) mass is 340 g/mol. The smallest absolute Gasteiger partial charge is 0.321 e. The highest BCUT2D eigenvalue weighted by Gasteiger charge is 2.66. The van der Waals surface area contributed by atoms with E-state index in [4.69, 9.17) is 0 Å². The number of likely N-dealkylation sites (tertiary alicyclic amines) is 1. The van der Waals surface area contributed by atoms with Crippen LogP contribution in [0.15, 0.2) is 30.5 Å². The lowest BCUT2D eigenvalue weighted by Crippen LogP contribution is -2.40. The van der Waals surface area contributed by atoms with Gasteiger partial charge in [-0.05, 0) is 32.0 Å². The summed E-state index contributed by atoms with van der Waals surface area (Å²) in [6.45, 7) is 3.94. The molecule has 4 rings (SSSR count). The van der Waals surface area contributed by atoms with Gasteiger partial charge in [0.05, 0.1) is 16.5 Å². The molecule has 2 fully saturated rings. The van der Waals surface area contributed by atoms with Crippen LogP contribution in [0, 0.1) is 10.8 Å². The summed E-state index contributed by atoms with van der Waals surface area (Å²) in [7, 11) is 1.95. The van der Waals surface area contributed by atoms with Gasteiger partial charge in [-0.1, -0.05) is 6.07 Å². The van der Waals surface area contributed by atoms with E-state index in [0.717, 1.165) is 10.9 Å². The summed E-state index contributed by atoms with van der Waals surface area (Å²) in [5, 5.41) is 6.27. The van der Waals surface area contributed by atoms with Crippen LogP contribution in [0.2, 0.25) is 0 Å². The fourth-order valence-electron chi connectivity index (χ4n) is 3.94. The molecule has 3 heterocycles. The Morgan fingerprint density at radius 2 is 1.76 bits per heavy atom. The van der Waals surface area contributed by atoms with Gasteiger partial charge in [0.2, 0.25) is 11.8 Å². The highest BCUT2D eigenvalue weighted by atomic mass is 16.2. The van der Waals surface area contributed by atoms with Crippen molar-refractivity contribution in [2.75, 3.05) is 18.4 Å². The van der Waals surface area contributed by atoms with Gasteiger partial charge >= 0.3 is 6.03 Å². The van der Waals surface area contributed by atoms with E-state index in [9.17, 15) is 14.4 Å². The molecule has 2 atom stereocenters. The van der Waals surface area contributed by atoms with Crippen molar-refractivity contribution in [3.05, 3.63) is 30.5 Å². The molecule has 25 heavy (non-hydrogen) atoms. The molecular weight excluding hydrogens is 320 g/mol. The van der Waals surface area contributed by atoms with Crippen LogP contribution in [-0.2, 0) is 16.6 Å². The Morgan fingerprint density at radius 3 is 2.40 bits per heavy atom. The number of amides is 4. The van der Waals surface area contributed by atoms with Crippen molar-refractivity contribution in [2.45, 2.75) is 13.8 Å². The van der Waals surface area contributed by atoms with Gasteiger partial charge in [-0.25, -0.2) is 4.79 Å². The van der Waals surface area contributed by atoms with Crippen molar-refractivity contribution in [1.29, 1.82) is 0 Å². The van der Waals surface area contributed by atoms with E-state index in [-0.39, 0.29) is 30.9 Å². The lowest BCUT2D eigenvalue weighted by atomic mass is 9.70. The second kappa shape index (κ2) is 4.84. The number of imide groups is 1. The highest BCUT2D eigenvalue weighted by molar-refractivity contribution is 6.11. The standard InChI is InChI=1S/C18H20N4O3/c1-17-9-22(10-18(17,2)15(24)20-14(17)23)16(25)19-12-5-4-6-13-11(12)7-8-21(13)3/h4-8H,9-10H2,1-3H3,(H,19,25)(H,20,23,24). The van der Waals surface area contributed by atoms with E-state index in [1.54, 1.807) is 18.7 Å². The second-order valence-electron chi connectivity index (χ2n) is 7.40. The van der Waals surface area contributed by atoms with Gasteiger partial charge in [0.1, 0.15) is 0 Å². The number of urea groups is 1. The molecule has 2 aliphatic heterocycles. The van der Waals surface area contributed by atoms with Crippen molar-refractivity contribution in [2.24, 2.45) is 17.9 Å². The number of aromatic nitrogens is 1. The summed E-state index contributed by atoms with van der Waals surface area (Å²) in [6.07, 6.45) is 1.94. The second-order valence-corrected chi connectivity index (χ2v) is 7.40. The molecule has 1 aromatic carbocycles. The Balaban J connectivity index is 1.61. The lowest BCUT2D eigenvalue weighted by molar-refractivity contribution is -0.128. The van der Waals surface area contributed by atoms with Crippen LogP contribution in [0.4, 0.5) is 10.5 Å². The number of aryl methyl sites for hydroxylation is 1. The van der Waals surface area contributed by atoms with E-state index >= 15 is 0 Å². The Kier molecular flexibility index (Phi) is 3.04. The largest absolute Gasteiger partial charge is 0.350 e. The number of nitrogens with zero attached hydrogens (tertiary/aromatic N) is 2. The molecule has 0 radical (unpaired) electrons. The first-order valence-electron chi connectivity index (χ1n) is 8.22. The van der Waals surface area contributed by atoms with Crippen LogP contribution >= 0.6 is 0 Å². The number of hydrogen-bond donors (Lipinski definition) is 2. The number of rotatable bonds is 1. The Hall–Kier alpha value is -2.83. The summed E-state index contributed by atoms with van der Waals surface area (Å²) in [5.74, 6) is -0.610. The predicted molar refractivity (Wildman–Crippen MR) is 92.9 cm³/mol. The molecule has 0 aliphatic carbocycles. The topological polar surface area (TPSA) is 83.4 Å². The predicted octanol–water partition coefficient (Wildman–Crippen LogP) is 1.69. The summed E-state index contributed by atoms with van der Waals surface area (Å²) in [6, 6.07) is 7.36. The van der Waals surface area contributed by atoms with Crippen LogP contribution in [0.1, 0.15) is 13.8 Å². The van der Waals surface area contributed by atoms with E-state index in [2.05, 4.69) is 10.6 Å². The third-order valence-electron chi connectivity index (χ3n) is 5.92. The van der Waals surface area contributed by atoms with Crippen LogP contribution in [-0.4, -0.2) is 40.4 Å². The number of benzene rings is 1. The number of anilines is 1. The van der Waals surface area contributed by atoms with Gasteiger partial charge < -0.3 is 14.8 Å². The van der Waals surface area contributed by atoms with E-state index in [1.807, 2.05) is 42.1 Å². The van der Waals surface area contributed by atoms with Gasteiger partial charge in [0.25, 0.3) is 0 Å².